The van der Waals surface area contributed by atoms with Crippen LogP contribution in [0.15, 0.2) is 66.7 Å². The Hall–Kier alpha value is -3.80. The number of ether oxygens (including phenoxy) is 2. The molecular formula is C26H27N3O3. The number of carbonyl (C=O) groups is 1. The van der Waals surface area contributed by atoms with Crippen molar-refractivity contribution in [3.8, 4) is 11.5 Å². The van der Waals surface area contributed by atoms with E-state index in [1.165, 1.54) is 11.1 Å². The fourth-order valence-electron chi connectivity index (χ4n) is 3.85. The minimum Gasteiger partial charge on any atom is -0.493 e. The van der Waals surface area contributed by atoms with Gasteiger partial charge in [0, 0.05) is 25.1 Å². The summed E-state index contributed by atoms with van der Waals surface area (Å²) >= 11 is 0. The maximum atomic E-state index is 12.7. The molecular weight excluding hydrogens is 402 g/mol. The number of nitrogens with zero attached hydrogens (tertiary/aromatic N) is 2. The third-order valence-corrected chi connectivity index (χ3v) is 5.44. The van der Waals surface area contributed by atoms with Crippen molar-refractivity contribution in [1.82, 2.24) is 14.9 Å². The van der Waals surface area contributed by atoms with E-state index in [9.17, 15) is 4.79 Å². The molecule has 1 N–H and O–H groups in total. The summed E-state index contributed by atoms with van der Waals surface area (Å²) in [7, 11) is 3.12. The molecule has 0 radical (unpaired) electrons. The second kappa shape index (κ2) is 9.56. The number of carbonyl (C=O) groups excluding carboxylic acids is 1. The number of fused-ring (bicyclic) bond motifs is 1. The van der Waals surface area contributed by atoms with Crippen LogP contribution in [0, 0.1) is 6.92 Å². The Balaban J connectivity index is 1.50. The molecule has 0 fully saturated rings. The minimum absolute atomic E-state index is 0.160. The zero-order chi connectivity index (χ0) is 22.5. The first-order valence-corrected chi connectivity index (χ1v) is 10.6. The molecule has 1 aromatic heterocycles. The predicted molar refractivity (Wildman–Crippen MR) is 126 cm³/mol. The third-order valence-electron chi connectivity index (χ3n) is 5.44. The third kappa shape index (κ3) is 4.59. The first kappa shape index (κ1) is 21.4. The van der Waals surface area contributed by atoms with Crippen LogP contribution in [0.1, 0.15) is 27.3 Å². The highest BCUT2D eigenvalue weighted by atomic mass is 16.5. The Morgan fingerprint density at radius 1 is 0.969 bits per heavy atom. The van der Waals surface area contributed by atoms with Crippen LogP contribution < -0.4 is 14.8 Å². The zero-order valence-electron chi connectivity index (χ0n) is 18.6. The van der Waals surface area contributed by atoms with Gasteiger partial charge in [0.15, 0.2) is 11.5 Å². The largest absolute Gasteiger partial charge is 0.493 e. The van der Waals surface area contributed by atoms with Gasteiger partial charge in [0.25, 0.3) is 5.91 Å². The van der Waals surface area contributed by atoms with Crippen molar-refractivity contribution < 1.29 is 14.3 Å². The molecule has 32 heavy (non-hydrogen) atoms. The van der Waals surface area contributed by atoms with Gasteiger partial charge in [-0.3, -0.25) is 4.79 Å². The van der Waals surface area contributed by atoms with E-state index in [1.54, 1.807) is 32.4 Å². The van der Waals surface area contributed by atoms with E-state index in [4.69, 9.17) is 14.5 Å². The van der Waals surface area contributed by atoms with Gasteiger partial charge in [0.1, 0.15) is 5.82 Å². The molecule has 0 aliphatic carbocycles. The summed E-state index contributed by atoms with van der Waals surface area (Å²) in [5.74, 6) is 1.90. The Kier molecular flexibility index (Phi) is 6.40. The summed E-state index contributed by atoms with van der Waals surface area (Å²) in [6, 6.07) is 21.8. The molecule has 0 aliphatic rings. The Bertz CT molecular complexity index is 1250. The monoisotopic (exact) mass is 429 g/mol. The molecule has 0 bridgehead atoms. The topological polar surface area (TPSA) is 65.4 Å². The van der Waals surface area contributed by atoms with E-state index in [2.05, 4.69) is 47.1 Å². The Labute approximate surface area is 187 Å². The number of hydrogen-bond acceptors (Lipinski definition) is 4. The smallest absolute Gasteiger partial charge is 0.251 e. The molecule has 1 heterocycles. The molecule has 0 atom stereocenters. The summed E-state index contributed by atoms with van der Waals surface area (Å²) in [5.41, 5.74) is 5.03. The first-order valence-electron chi connectivity index (χ1n) is 10.6. The van der Waals surface area contributed by atoms with Gasteiger partial charge in [0.2, 0.25) is 0 Å². The number of methoxy groups -OCH3 is 2. The van der Waals surface area contributed by atoms with Gasteiger partial charge in [-0.1, -0.05) is 42.0 Å². The summed E-state index contributed by atoms with van der Waals surface area (Å²) < 4.78 is 12.8. The summed E-state index contributed by atoms with van der Waals surface area (Å²) in [6.45, 7) is 3.31. The van der Waals surface area contributed by atoms with Crippen molar-refractivity contribution in [3.63, 3.8) is 0 Å². The maximum absolute atomic E-state index is 12.7. The van der Waals surface area contributed by atoms with E-state index >= 15 is 0 Å². The van der Waals surface area contributed by atoms with Crippen LogP contribution in [-0.4, -0.2) is 36.2 Å². The lowest BCUT2D eigenvalue weighted by Crippen LogP contribution is -2.26. The lowest BCUT2D eigenvalue weighted by atomic mass is 10.1. The zero-order valence-corrected chi connectivity index (χ0v) is 18.6. The van der Waals surface area contributed by atoms with Crippen LogP contribution in [-0.2, 0) is 13.0 Å². The number of imidazole rings is 1. The molecule has 0 aliphatic heterocycles. The van der Waals surface area contributed by atoms with E-state index in [-0.39, 0.29) is 5.91 Å². The van der Waals surface area contributed by atoms with Crippen LogP contribution in [0.5, 0.6) is 11.5 Å². The van der Waals surface area contributed by atoms with Crippen molar-refractivity contribution in [2.75, 3.05) is 20.8 Å². The lowest BCUT2D eigenvalue weighted by molar-refractivity contribution is 0.0953. The molecule has 0 saturated heterocycles. The SMILES string of the molecule is COc1ccc(C(=O)NCCc2nc3ccccc3n2Cc2cccc(C)c2)cc1OC. The maximum Gasteiger partial charge on any atom is 0.251 e. The van der Waals surface area contributed by atoms with Crippen molar-refractivity contribution in [1.29, 1.82) is 0 Å². The van der Waals surface area contributed by atoms with Gasteiger partial charge in [-0.2, -0.15) is 0 Å². The quantitative estimate of drug-likeness (QED) is 0.451. The number of hydrogen-bond donors (Lipinski definition) is 1. The summed E-state index contributed by atoms with van der Waals surface area (Å²) in [6.07, 6.45) is 0.625. The number of para-hydroxylation sites is 2. The van der Waals surface area contributed by atoms with Crippen LogP contribution in [0.3, 0.4) is 0 Å². The van der Waals surface area contributed by atoms with Crippen LogP contribution in [0.25, 0.3) is 11.0 Å². The molecule has 0 saturated carbocycles. The molecule has 164 valence electrons. The summed E-state index contributed by atoms with van der Waals surface area (Å²) in [5, 5.41) is 2.99. The molecule has 4 aromatic rings. The number of amides is 1. The number of aromatic nitrogens is 2. The van der Waals surface area contributed by atoms with Crippen LogP contribution in [0.2, 0.25) is 0 Å². The molecule has 0 unspecified atom stereocenters. The van der Waals surface area contributed by atoms with Crippen molar-refractivity contribution in [3.05, 3.63) is 89.2 Å². The van der Waals surface area contributed by atoms with Gasteiger partial charge < -0.3 is 19.4 Å². The van der Waals surface area contributed by atoms with Gasteiger partial charge in [-0.15, -0.1) is 0 Å². The highest BCUT2D eigenvalue weighted by Crippen LogP contribution is 2.27. The van der Waals surface area contributed by atoms with Gasteiger partial charge in [0.05, 0.1) is 25.3 Å². The van der Waals surface area contributed by atoms with Crippen LogP contribution >= 0.6 is 0 Å². The average molecular weight is 430 g/mol. The number of benzene rings is 3. The normalized spacial score (nSPS) is 10.8. The Morgan fingerprint density at radius 3 is 2.56 bits per heavy atom. The molecule has 6 heteroatoms. The van der Waals surface area contributed by atoms with E-state index in [0.717, 1.165) is 23.4 Å². The fourth-order valence-corrected chi connectivity index (χ4v) is 3.85. The average Bonchev–Trinajstić information content (AvgIpc) is 3.15. The molecule has 6 nitrogen and oxygen atoms in total. The minimum atomic E-state index is -0.160. The van der Waals surface area contributed by atoms with Crippen molar-refractivity contribution in [2.45, 2.75) is 19.9 Å². The molecule has 4 rings (SSSR count). The molecule has 0 spiro atoms. The van der Waals surface area contributed by atoms with Gasteiger partial charge in [-0.25, -0.2) is 4.98 Å². The second-order valence-electron chi connectivity index (χ2n) is 7.67. The van der Waals surface area contributed by atoms with Crippen LogP contribution in [0.4, 0.5) is 0 Å². The van der Waals surface area contributed by atoms with E-state index < -0.39 is 0 Å². The first-order chi connectivity index (χ1) is 15.6. The number of rotatable bonds is 8. The number of nitrogens with one attached hydrogen (secondary N) is 1. The standard InChI is InChI=1S/C26H27N3O3/c1-18-7-6-8-19(15-18)17-29-22-10-5-4-9-21(22)28-25(29)13-14-27-26(30)20-11-12-23(31-2)24(16-20)32-3/h4-12,15-16H,13-14,17H2,1-3H3,(H,27,30). The van der Waals surface area contributed by atoms with Crippen molar-refractivity contribution >= 4 is 16.9 Å². The molecule has 1 amide bonds. The van der Waals surface area contributed by atoms with E-state index in [0.29, 0.717) is 30.0 Å². The fraction of sp³-hybridized carbons (Fsp3) is 0.231. The summed E-state index contributed by atoms with van der Waals surface area (Å²) in [4.78, 5) is 17.5. The van der Waals surface area contributed by atoms with Gasteiger partial charge in [-0.05, 0) is 42.8 Å². The second-order valence-corrected chi connectivity index (χ2v) is 7.67. The predicted octanol–water partition coefficient (Wildman–Crippen LogP) is 4.38. The van der Waals surface area contributed by atoms with E-state index in [1.807, 2.05) is 18.2 Å². The van der Waals surface area contributed by atoms with Gasteiger partial charge >= 0.3 is 0 Å². The Morgan fingerprint density at radius 2 is 1.78 bits per heavy atom. The highest BCUT2D eigenvalue weighted by molar-refractivity contribution is 5.94. The molecule has 3 aromatic carbocycles. The lowest BCUT2D eigenvalue weighted by Gasteiger charge is -2.12. The highest BCUT2D eigenvalue weighted by Gasteiger charge is 2.13. The van der Waals surface area contributed by atoms with Crippen molar-refractivity contribution in [2.24, 2.45) is 0 Å². The number of aryl methyl sites for hydroxylation is 1.